The van der Waals surface area contributed by atoms with Gasteiger partial charge in [-0.1, -0.05) is 11.6 Å². The SMILES string of the molecule is CCOC(=O)NC(=O)c1ccsc1NC(=O)c1nc2ccc(Cl)cc2[nH]1. The second kappa shape index (κ2) is 7.54. The zero-order valence-electron chi connectivity index (χ0n) is 13.5. The lowest BCUT2D eigenvalue weighted by Crippen LogP contribution is -2.31. The summed E-state index contributed by atoms with van der Waals surface area (Å²) in [6.45, 7) is 1.77. The quantitative estimate of drug-likeness (QED) is 0.629. The van der Waals surface area contributed by atoms with Gasteiger partial charge in [-0.15, -0.1) is 11.3 Å². The zero-order valence-corrected chi connectivity index (χ0v) is 15.0. The number of imidazole rings is 1. The van der Waals surface area contributed by atoms with Crippen LogP contribution in [0.4, 0.5) is 9.80 Å². The minimum Gasteiger partial charge on any atom is -0.450 e. The molecule has 0 aliphatic carbocycles. The van der Waals surface area contributed by atoms with Gasteiger partial charge in [0.05, 0.1) is 23.2 Å². The van der Waals surface area contributed by atoms with Gasteiger partial charge >= 0.3 is 6.09 Å². The molecule has 0 radical (unpaired) electrons. The van der Waals surface area contributed by atoms with Crippen molar-refractivity contribution < 1.29 is 19.1 Å². The lowest BCUT2D eigenvalue weighted by Gasteiger charge is -2.06. The Morgan fingerprint density at radius 1 is 1.27 bits per heavy atom. The fraction of sp³-hybridized carbons (Fsp3) is 0.125. The van der Waals surface area contributed by atoms with Crippen LogP contribution in [0.3, 0.4) is 0 Å². The summed E-state index contributed by atoms with van der Waals surface area (Å²) in [5, 5.41) is 7.11. The topological polar surface area (TPSA) is 113 Å². The third-order valence-corrected chi connectivity index (χ3v) is 4.35. The standard InChI is InChI=1S/C16H13ClN4O4S/c1-2-25-16(24)21-13(22)9-5-6-26-15(9)20-14(23)12-18-10-4-3-8(17)7-11(10)19-12/h3-7H,2H2,1H3,(H,18,19)(H,20,23)(H,21,22,24). The number of fused-ring (bicyclic) bond motifs is 1. The van der Waals surface area contributed by atoms with Crippen molar-refractivity contribution in [3.8, 4) is 0 Å². The number of aromatic nitrogens is 2. The van der Waals surface area contributed by atoms with Crippen LogP contribution in [0, 0.1) is 0 Å². The van der Waals surface area contributed by atoms with Gasteiger partial charge in [-0.3, -0.25) is 14.9 Å². The van der Waals surface area contributed by atoms with Gasteiger partial charge in [-0.25, -0.2) is 9.78 Å². The monoisotopic (exact) mass is 392 g/mol. The van der Waals surface area contributed by atoms with Gasteiger partial charge in [0.1, 0.15) is 5.00 Å². The molecule has 3 aromatic rings. The van der Waals surface area contributed by atoms with Crippen LogP contribution in [0.5, 0.6) is 0 Å². The van der Waals surface area contributed by atoms with Crippen LogP contribution in [0.25, 0.3) is 11.0 Å². The summed E-state index contributed by atoms with van der Waals surface area (Å²) in [6, 6.07) is 6.51. The van der Waals surface area contributed by atoms with Gasteiger partial charge < -0.3 is 15.0 Å². The first-order chi connectivity index (χ1) is 12.5. The predicted molar refractivity (Wildman–Crippen MR) is 97.9 cm³/mol. The molecule has 0 aliphatic rings. The fourth-order valence-electron chi connectivity index (χ4n) is 2.16. The number of nitrogens with one attached hydrogen (secondary N) is 3. The first-order valence-electron chi connectivity index (χ1n) is 7.50. The van der Waals surface area contributed by atoms with Gasteiger partial charge in [-0.05, 0) is 36.6 Å². The number of aromatic amines is 1. The molecule has 0 aliphatic heterocycles. The van der Waals surface area contributed by atoms with Gasteiger partial charge in [0, 0.05) is 5.02 Å². The number of H-pyrrole nitrogens is 1. The Morgan fingerprint density at radius 2 is 2.08 bits per heavy atom. The molecule has 8 nitrogen and oxygen atoms in total. The molecular weight excluding hydrogens is 380 g/mol. The molecule has 26 heavy (non-hydrogen) atoms. The van der Waals surface area contributed by atoms with Gasteiger partial charge in [-0.2, -0.15) is 0 Å². The first kappa shape index (κ1) is 17.9. The molecule has 0 bridgehead atoms. The summed E-state index contributed by atoms with van der Waals surface area (Å²) in [5.74, 6) is -1.12. The number of carbonyl (C=O) groups is 3. The molecule has 0 unspecified atom stereocenters. The van der Waals surface area contributed by atoms with Crippen LogP contribution in [0.2, 0.25) is 5.02 Å². The second-order valence-corrected chi connectivity index (χ2v) is 6.39. The Hall–Kier alpha value is -2.91. The lowest BCUT2D eigenvalue weighted by atomic mass is 10.3. The third-order valence-electron chi connectivity index (χ3n) is 3.29. The van der Waals surface area contributed by atoms with Crippen molar-refractivity contribution in [1.29, 1.82) is 0 Å². The number of anilines is 1. The largest absolute Gasteiger partial charge is 0.450 e. The van der Waals surface area contributed by atoms with Crippen LogP contribution < -0.4 is 10.6 Å². The van der Waals surface area contributed by atoms with E-state index >= 15 is 0 Å². The molecular formula is C16H13ClN4O4S. The minimum absolute atomic E-state index is 0.0763. The number of alkyl carbamates (subject to hydrolysis) is 1. The highest BCUT2D eigenvalue weighted by atomic mass is 35.5. The number of imide groups is 1. The Morgan fingerprint density at radius 3 is 2.85 bits per heavy atom. The van der Waals surface area contributed by atoms with Crippen molar-refractivity contribution >= 4 is 56.9 Å². The maximum Gasteiger partial charge on any atom is 0.414 e. The summed E-state index contributed by atoms with van der Waals surface area (Å²) in [6.07, 6.45) is -0.852. The average molecular weight is 393 g/mol. The highest BCUT2D eigenvalue weighted by Gasteiger charge is 2.19. The Balaban J connectivity index is 1.76. The van der Waals surface area contributed by atoms with Crippen LogP contribution >= 0.6 is 22.9 Å². The van der Waals surface area contributed by atoms with Gasteiger partial charge in [0.25, 0.3) is 11.8 Å². The Labute approximate surface area is 156 Å². The van der Waals surface area contributed by atoms with Crippen molar-refractivity contribution in [2.45, 2.75) is 6.92 Å². The van der Waals surface area contributed by atoms with E-state index in [1.807, 2.05) is 0 Å². The smallest absolute Gasteiger partial charge is 0.414 e. The predicted octanol–water partition coefficient (Wildman–Crippen LogP) is 3.42. The second-order valence-electron chi connectivity index (χ2n) is 5.04. The highest BCUT2D eigenvalue weighted by molar-refractivity contribution is 7.14. The van der Waals surface area contributed by atoms with Crippen LogP contribution in [0.15, 0.2) is 29.6 Å². The fourth-order valence-corrected chi connectivity index (χ4v) is 3.12. The van der Waals surface area contributed by atoms with Crippen LogP contribution in [0.1, 0.15) is 27.9 Å². The number of nitrogens with zero attached hydrogens (tertiary/aromatic N) is 1. The van der Waals surface area contributed by atoms with Gasteiger partial charge in [0.15, 0.2) is 5.82 Å². The molecule has 0 saturated heterocycles. The summed E-state index contributed by atoms with van der Waals surface area (Å²) in [5.41, 5.74) is 1.36. The number of hydrogen-bond acceptors (Lipinski definition) is 6. The van der Waals surface area contributed by atoms with E-state index in [0.29, 0.717) is 16.1 Å². The zero-order chi connectivity index (χ0) is 18.7. The van der Waals surface area contributed by atoms with E-state index in [2.05, 4.69) is 25.3 Å². The van der Waals surface area contributed by atoms with E-state index in [1.165, 1.54) is 6.07 Å². The van der Waals surface area contributed by atoms with Crippen molar-refractivity contribution in [2.24, 2.45) is 0 Å². The Bertz CT molecular complexity index is 997. The number of benzene rings is 1. The lowest BCUT2D eigenvalue weighted by molar-refractivity contribution is 0.0926. The first-order valence-corrected chi connectivity index (χ1v) is 8.76. The van der Waals surface area contributed by atoms with E-state index in [4.69, 9.17) is 11.6 Å². The maximum atomic E-state index is 12.4. The number of amides is 3. The third kappa shape index (κ3) is 3.84. The number of halogens is 1. The van der Waals surface area contributed by atoms with Crippen molar-refractivity contribution in [3.63, 3.8) is 0 Å². The molecule has 2 aromatic heterocycles. The number of hydrogen-bond donors (Lipinski definition) is 3. The molecule has 3 N–H and O–H groups in total. The molecule has 0 spiro atoms. The molecule has 2 heterocycles. The summed E-state index contributed by atoms with van der Waals surface area (Å²) < 4.78 is 4.66. The molecule has 3 amide bonds. The molecule has 0 fully saturated rings. The van der Waals surface area contributed by atoms with Gasteiger partial charge in [0.2, 0.25) is 0 Å². The minimum atomic E-state index is -0.852. The molecule has 10 heteroatoms. The van der Waals surface area contributed by atoms with Crippen LogP contribution in [-0.4, -0.2) is 34.5 Å². The van der Waals surface area contributed by atoms with Crippen molar-refractivity contribution in [1.82, 2.24) is 15.3 Å². The molecule has 0 saturated carbocycles. The summed E-state index contributed by atoms with van der Waals surface area (Å²) >= 11 is 7.06. The van der Waals surface area contributed by atoms with E-state index in [0.717, 1.165) is 11.3 Å². The molecule has 3 rings (SSSR count). The number of carbonyl (C=O) groups excluding carboxylic acids is 3. The van der Waals surface area contributed by atoms with E-state index in [1.54, 1.807) is 30.5 Å². The number of thiophene rings is 1. The molecule has 0 atom stereocenters. The van der Waals surface area contributed by atoms with E-state index in [9.17, 15) is 14.4 Å². The molecule has 134 valence electrons. The highest BCUT2D eigenvalue weighted by Crippen LogP contribution is 2.24. The maximum absolute atomic E-state index is 12.4. The molecule has 1 aromatic carbocycles. The summed E-state index contributed by atoms with van der Waals surface area (Å²) in [4.78, 5) is 42.9. The Kier molecular flexibility index (Phi) is 5.19. The number of ether oxygens (including phenoxy) is 1. The average Bonchev–Trinajstić information content (AvgIpc) is 3.21. The van der Waals surface area contributed by atoms with E-state index in [-0.39, 0.29) is 23.0 Å². The van der Waals surface area contributed by atoms with Crippen molar-refractivity contribution in [3.05, 3.63) is 46.1 Å². The summed E-state index contributed by atoms with van der Waals surface area (Å²) in [7, 11) is 0. The van der Waals surface area contributed by atoms with E-state index < -0.39 is 17.9 Å². The normalized spacial score (nSPS) is 10.5. The number of rotatable bonds is 4. The van der Waals surface area contributed by atoms with Crippen molar-refractivity contribution in [2.75, 3.05) is 11.9 Å². The van der Waals surface area contributed by atoms with Crippen LogP contribution in [-0.2, 0) is 4.74 Å².